The average Bonchev–Trinajstić information content (AvgIpc) is 3.11. The van der Waals surface area contributed by atoms with Gasteiger partial charge in [0.15, 0.2) is 0 Å². The number of hydrogen-bond acceptors (Lipinski definition) is 4. The van der Waals surface area contributed by atoms with Crippen molar-refractivity contribution in [2.24, 2.45) is 0 Å². The van der Waals surface area contributed by atoms with Crippen molar-refractivity contribution in [3.8, 4) is 5.75 Å². The lowest BCUT2D eigenvalue weighted by atomic mass is 10.1. The van der Waals surface area contributed by atoms with Crippen LogP contribution in [0.4, 0.5) is 10.1 Å². The first-order valence-electron chi connectivity index (χ1n) is 9.49. The summed E-state index contributed by atoms with van der Waals surface area (Å²) in [6, 6.07) is 14.0. The normalized spacial score (nSPS) is 11.0. The largest absolute Gasteiger partial charge is 0.507 e. The van der Waals surface area contributed by atoms with E-state index < -0.39 is 5.91 Å². The predicted octanol–water partition coefficient (Wildman–Crippen LogP) is 4.97. The van der Waals surface area contributed by atoms with E-state index in [0.717, 1.165) is 5.56 Å². The number of amides is 1. The van der Waals surface area contributed by atoms with Crippen LogP contribution in [0.1, 0.15) is 11.1 Å². The Morgan fingerprint density at radius 1 is 1.12 bits per heavy atom. The molecule has 0 saturated heterocycles. The van der Waals surface area contributed by atoms with Gasteiger partial charge in [0.2, 0.25) is 6.29 Å². The molecule has 0 radical (unpaired) electrons. The average molecular weight is 472 g/mol. The molecule has 0 aliphatic rings. The first-order chi connectivity index (χ1) is 15.4. The van der Waals surface area contributed by atoms with Crippen LogP contribution in [-0.2, 0) is 22.7 Å². The molecule has 0 aliphatic carbocycles. The van der Waals surface area contributed by atoms with Gasteiger partial charge in [-0.2, -0.15) is 0 Å². The summed E-state index contributed by atoms with van der Waals surface area (Å²) in [5.41, 5.74) is 2.46. The Kier molecular flexibility index (Phi) is 6.12. The van der Waals surface area contributed by atoms with Gasteiger partial charge in [0.1, 0.15) is 21.9 Å². The highest BCUT2D eigenvalue weighted by atomic mass is 35.5. The highest BCUT2D eigenvalue weighted by Crippen LogP contribution is 2.33. The number of aldehydes is 1. The van der Waals surface area contributed by atoms with Crippen LogP contribution in [0.3, 0.4) is 0 Å². The first-order valence-corrected chi connectivity index (χ1v) is 10.2. The third-order valence-corrected chi connectivity index (χ3v) is 5.37. The molecule has 0 saturated carbocycles. The number of nitrogens with zero attached hydrogens (tertiary/aromatic N) is 3. The fourth-order valence-electron chi connectivity index (χ4n) is 3.59. The molecule has 32 heavy (non-hydrogen) atoms. The van der Waals surface area contributed by atoms with E-state index in [1.54, 1.807) is 30.5 Å². The van der Waals surface area contributed by atoms with Gasteiger partial charge in [-0.3, -0.25) is 9.59 Å². The highest BCUT2D eigenvalue weighted by Gasteiger charge is 2.21. The second kappa shape index (κ2) is 8.98. The lowest BCUT2D eigenvalue weighted by molar-refractivity contribution is -0.129. The zero-order valence-electron chi connectivity index (χ0n) is 16.5. The number of anilines is 1. The van der Waals surface area contributed by atoms with E-state index >= 15 is 0 Å². The number of rotatable bonds is 6. The van der Waals surface area contributed by atoms with E-state index in [1.807, 2.05) is 10.6 Å². The van der Waals surface area contributed by atoms with Crippen LogP contribution in [0.15, 0.2) is 60.8 Å². The number of halogens is 3. The maximum atomic E-state index is 13.3. The summed E-state index contributed by atoms with van der Waals surface area (Å²) < 4.78 is 15.2. The Morgan fingerprint density at radius 3 is 2.47 bits per heavy atom. The topological polar surface area (TPSA) is 75.4 Å². The predicted molar refractivity (Wildman–Crippen MR) is 121 cm³/mol. The fraction of sp³-hybridized carbons (Fsp3) is 0.0870. The molecule has 2 heterocycles. The van der Waals surface area contributed by atoms with Gasteiger partial charge in [0, 0.05) is 23.7 Å². The van der Waals surface area contributed by atoms with Crippen molar-refractivity contribution >= 4 is 52.0 Å². The van der Waals surface area contributed by atoms with Gasteiger partial charge >= 0.3 is 0 Å². The molecule has 0 spiro atoms. The zero-order chi connectivity index (χ0) is 22.8. The number of pyridine rings is 1. The molecule has 0 unspecified atom stereocenters. The van der Waals surface area contributed by atoms with Gasteiger partial charge in [0.05, 0.1) is 17.7 Å². The molecule has 1 amide bonds. The number of benzene rings is 2. The van der Waals surface area contributed by atoms with Crippen LogP contribution >= 0.6 is 23.2 Å². The molecule has 6 nitrogen and oxygen atoms in total. The van der Waals surface area contributed by atoms with Gasteiger partial charge in [0.25, 0.3) is 5.91 Å². The monoisotopic (exact) mass is 471 g/mol. The molecular formula is C23H16Cl2FN3O3. The Morgan fingerprint density at radius 2 is 1.81 bits per heavy atom. The van der Waals surface area contributed by atoms with Crippen LogP contribution in [0.5, 0.6) is 5.75 Å². The summed E-state index contributed by atoms with van der Waals surface area (Å²) >= 11 is 12.0. The summed E-state index contributed by atoms with van der Waals surface area (Å²) in [5.74, 6) is -1.11. The standard InChI is InChI=1S/C23H16Cl2FN3O3/c24-20-8-17(9-21(25)27-20)29(22(32)13-30)12-15-11-28(10-14-4-6-16(26)7-5-14)18-2-1-3-19(31)23(15)18/h1-9,11,13,31H,10,12H2. The van der Waals surface area contributed by atoms with Crippen LogP contribution in [0, 0.1) is 5.82 Å². The van der Waals surface area contributed by atoms with Crippen molar-refractivity contribution in [2.45, 2.75) is 13.1 Å². The van der Waals surface area contributed by atoms with Crippen LogP contribution in [0.25, 0.3) is 10.9 Å². The number of aromatic nitrogens is 2. The van der Waals surface area contributed by atoms with Crippen molar-refractivity contribution in [3.63, 3.8) is 0 Å². The SMILES string of the molecule is O=CC(=O)N(Cc1cn(Cc2ccc(F)cc2)c2cccc(O)c12)c1cc(Cl)nc(Cl)c1. The molecule has 162 valence electrons. The number of fused-ring (bicyclic) bond motifs is 1. The van der Waals surface area contributed by atoms with E-state index in [-0.39, 0.29) is 34.7 Å². The van der Waals surface area contributed by atoms with Crippen LogP contribution in [-0.4, -0.2) is 26.9 Å². The van der Waals surface area contributed by atoms with Gasteiger partial charge in [-0.1, -0.05) is 41.4 Å². The smallest absolute Gasteiger partial charge is 0.291 e. The van der Waals surface area contributed by atoms with Gasteiger partial charge in [-0.25, -0.2) is 9.37 Å². The highest BCUT2D eigenvalue weighted by molar-refractivity contribution is 6.34. The summed E-state index contributed by atoms with van der Waals surface area (Å²) in [7, 11) is 0. The number of phenolic OH excluding ortho intramolecular Hbond substituents is 1. The second-order valence-electron chi connectivity index (χ2n) is 7.09. The summed E-state index contributed by atoms with van der Waals surface area (Å²) in [6.45, 7) is 0.382. The third-order valence-electron chi connectivity index (χ3n) is 4.98. The van der Waals surface area contributed by atoms with Crippen LogP contribution < -0.4 is 4.90 Å². The van der Waals surface area contributed by atoms with E-state index in [0.29, 0.717) is 28.7 Å². The molecule has 0 atom stereocenters. The van der Waals surface area contributed by atoms with Crippen LogP contribution in [0.2, 0.25) is 10.3 Å². The Hall–Kier alpha value is -3.42. The van der Waals surface area contributed by atoms with E-state index in [2.05, 4.69) is 4.98 Å². The van der Waals surface area contributed by atoms with E-state index in [9.17, 15) is 19.1 Å². The molecule has 0 aliphatic heterocycles. The minimum absolute atomic E-state index is 0.0275. The molecule has 0 fully saturated rings. The minimum atomic E-state index is -0.807. The lowest BCUT2D eigenvalue weighted by Crippen LogP contribution is -2.31. The van der Waals surface area contributed by atoms with Gasteiger partial charge in [-0.05, 0) is 42.0 Å². The molecule has 1 N–H and O–H groups in total. The maximum absolute atomic E-state index is 13.3. The van der Waals surface area contributed by atoms with Crippen molar-refractivity contribution in [2.75, 3.05) is 4.90 Å². The quantitative estimate of drug-likeness (QED) is 0.244. The molecule has 0 bridgehead atoms. The Balaban J connectivity index is 1.79. The molecular weight excluding hydrogens is 456 g/mol. The minimum Gasteiger partial charge on any atom is -0.507 e. The van der Waals surface area contributed by atoms with Gasteiger partial charge in [-0.15, -0.1) is 0 Å². The number of carbonyl (C=O) groups is 2. The number of carbonyl (C=O) groups excluding carboxylic acids is 2. The second-order valence-corrected chi connectivity index (χ2v) is 7.87. The van der Waals surface area contributed by atoms with Crippen molar-refractivity contribution in [1.29, 1.82) is 0 Å². The molecule has 2 aromatic heterocycles. The molecule has 4 aromatic rings. The van der Waals surface area contributed by atoms with Crippen molar-refractivity contribution in [3.05, 3.63) is 88.0 Å². The first kappa shape index (κ1) is 21.8. The zero-order valence-corrected chi connectivity index (χ0v) is 18.0. The summed E-state index contributed by atoms with van der Waals surface area (Å²) in [4.78, 5) is 28.8. The summed E-state index contributed by atoms with van der Waals surface area (Å²) in [5, 5.41) is 11.2. The molecule has 4 rings (SSSR count). The number of phenols is 1. The Bertz CT molecular complexity index is 1300. The van der Waals surface area contributed by atoms with Crippen molar-refractivity contribution in [1.82, 2.24) is 9.55 Å². The molecule has 2 aromatic carbocycles. The van der Waals surface area contributed by atoms with E-state index in [1.165, 1.54) is 29.2 Å². The fourth-order valence-corrected chi connectivity index (χ4v) is 4.04. The third kappa shape index (κ3) is 4.44. The maximum Gasteiger partial charge on any atom is 0.291 e. The lowest BCUT2D eigenvalue weighted by Gasteiger charge is -2.20. The molecule has 9 heteroatoms. The van der Waals surface area contributed by atoms with Crippen molar-refractivity contribution < 1.29 is 19.1 Å². The van der Waals surface area contributed by atoms with E-state index in [4.69, 9.17) is 23.2 Å². The van der Waals surface area contributed by atoms with Gasteiger partial charge < -0.3 is 14.6 Å². The summed E-state index contributed by atoms with van der Waals surface area (Å²) in [6.07, 6.45) is 1.98. The number of hydrogen-bond donors (Lipinski definition) is 1. The Labute approximate surface area is 192 Å². The number of aromatic hydroxyl groups is 1.